The maximum atomic E-state index is 12.2. The Kier molecular flexibility index (Phi) is 3.69. The van der Waals surface area contributed by atoms with Crippen LogP contribution in [0.3, 0.4) is 0 Å². The molecule has 2 aliphatic rings. The molecular formula is C18H20N4O. The topological polar surface area (TPSA) is 58.1 Å². The highest BCUT2D eigenvalue weighted by molar-refractivity contribution is 5.92. The van der Waals surface area contributed by atoms with E-state index in [-0.39, 0.29) is 5.91 Å². The van der Waals surface area contributed by atoms with Crippen LogP contribution in [0.15, 0.2) is 36.4 Å². The van der Waals surface area contributed by atoms with E-state index in [1.54, 1.807) is 6.07 Å². The summed E-state index contributed by atoms with van der Waals surface area (Å²) in [6, 6.07) is 12.3. The number of benzene rings is 1. The first-order chi connectivity index (χ1) is 11.3. The van der Waals surface area contributed by atoms with Gasteiger partial charge in [0.2, 0.25) is 0 Å². The second-order valence-electron chi connectivity index (χ2n) is 6.26. The highest BCUT2D eigenvalue weighted by atomic mass is 16.2. The molecule has 4 rings (SSSR count). The number of para-hydroxylation sites is 1. The van der Waals surface area contributed by atoms with Crippen LogP contribution < -0.4 is 10.2 Å². The zero-order valence-electron chi connectivity index (χ0n) is 13.0. The lowest BCUT2D eigenvalue weighted by molar-refractivity contribution is 0.0932. The molecule has 1 aromatic carbocycles. The van der Waals surface area contributed by atoms with Gasteiger partial charge in [-0.15, -0.1) is 10.2 Å². The number of aromatic nitrogens is 2. The van der Waals surface area contributed by atoms with E-state index >= 15 is 0 Å². The third kappa shape index (κ3) is 2.79. The quantitative estimate of drug-likeness (QED) is 0.947. The van der Waals surface area contributed by atoms with E-state index in [4.69, 9.17) is 0 Å². The maximum absolute atomic E-state index is 12.2. The summed E-state index contributed by atoms with van der Waals surface area (Å²) in [4.78, 5) is 14.4. The number of carbonyl (C=O) groups is 1. The van der Waals surface area contributed by atoms with Crippen LogP contribution >= 0.6 is 0 Å². The van der Waals surface area contributed by atoms with Crippen LogP contribution in [0.4, 0.5) is 11.5 Å². The SMILES string of the molecule is O=C(NC1CCCC1)c1ccc(N2CCc3ccccc32)nn1. The smallest absolute Gasteiger partial charge is 0.272 e. The average molecular weight is 308 g/mol. The van der Waals surface area contributed by atoms with Gasteiger partial charge in [0.25, 0.3) is 5.91 Å². The molecule has 2 aromatic rings. The monoisotopic (exact) mass is 308 g/mol. The van der Waals surface area contributed by atoms with Crippen molar-refractivity contribution in [2.75, 3.05) is 11.4 Å². The number of carbonyl (C=O) groups excluding carboxylic acids is 1. The van der Waals surface area contributed by atoms with Crippen molar-refractivity contribution >= 4 is 17.4 Å². The largest absolute Gasteiger partial charge is 0.348 e. The molecular weight excluding hydrogens is 288 g/mol. The average Bonchev–Trinajstić information content (AvgIpc) is 3.24. The second kappa shape index (κ2) is 5.99. The number of fused-ring (bicyclic) bond motifs is 1. The van der Waals surface area contributed by atoms with Crippen LogP contribution in [0.25, 0.3) is 0 Å². The van der Waals surface area contributed by atoms with E-state index < -0.39 is 0 Å². The molecule has 1 aliphatic heterocycles. The van der Waals surface area contributed by atoms with E-state index in [0.717, 1.165) is 31.6 Å². The van der Waals surface area contributed by atoms with Crippen molar-refractivity contribution in [3.05, 3.63) is 47.7 Å². The van der Waals surface area contributed by atoms with Gasteiger partial charge in [0, 0.05) is 18.3 Å². The summed E-state index contributed by atoms with van der Waals surface area (Å²) in [5.74, 6) is 0.685. The molecule has 0 bridgehead atoms. The van der Waals surface area contributed by atoms with Crippen molar-refractivity contribution in [3.63, 3.8) is 0 Å². The van der Waals surface area contributed by atoms with Gasteiger partial charge in [-0.3, -0.25) is 4.79 Å². The highest BCUT2D eigenvalue weighted by Crippen LogP contribution is 2.32. The molecule has 5 nitrogen and oxygen atoms in total. The molecule has 5 heteroatoms. The third-order valence-corrected chi connectivity index (χ3v) is 4.74. The molecule has 0 spiro atoms. The minimum atomic E-state index is -0.113. The predicted molar refractivity (Wildman–Crippen MR) is 88.9 cm³/mol. The Morgan fingerprint density at radius 1 is 1.09 bits per heavy atom. The lowest BCUT2D eigenvalue weighted by Gasteiger charge is -2.17. The summed E-state index contributed by atoms with van der Waals surface area (Å²) in [5.41, 5.74) is 2.91. The van der Waals surface area contributed by atoms with Crippen molar-refractivity contribution < 1.29 is 4.79 Å². The van der Waals surface area contributed by atoms with Crippen molar-refractivity contribution in [2.45, 2.75) is 38.1 Å². The first-order valence-electron chi connectivity index (χ1n) is 8.31. The fraction of sp³-hybridized carbons (Fsp3) is 0.389. The van der Waals surface area contributed by atoms with Crippen molar-refractivity contribution in [2.24, 2.45) is 0 Å². The summed E-state index contributed by atoms with van der Waals surface area (Å²) >= 11 is 0. The second-order valence-corrected chi connectivity index (χ2v) is 6.26. The number of anilines is 2. The van der Waals surface area contributed by atoms with Gasteiger partial charge in [-0.1, -0.05) is 31.0 Å². The van der Waals surface area contributed by atoms with Crippen LogP contribution in [0, 0.1) is 0 Å². The van der Waals surface area contributed by atoms with Crippen molar-refractivity contribution in [3.8, 4) is 0 Å². The first-order valence-corrected chi connectivity index (χ1v) is 8.31. The number of rotatable bonds is 3. The zero-order chi connectivity index (χ0) is 15.6. The summed E-state index contributed by atoms with van der Waals surface area (Å²) in [7, 11) is 0. The van der Waals surface area contributed by atoms with Gasteiger partial charge in [0.05, 0.1) is 0 Å². The number of nitrogens with zero attached hydrogens (tertiary/aromatic N) is 3. The number of nitrogens with one attached hydrogen (secondary N) is 1. The Bertz CT molecular complexity index is 707. The molecule has 1 aliphatic carbocycles. The minimum Gasteiger partial charge on any atom is -0.348 e. The van der Waals surface area contributed by atoms with Crippen LogP contribution in [-0.4, -0.2) is 28.7 Å². The van der Waals surface area contributed by atoms with Gasteiger partial charge in [0.15, 0.2) is 11.5 Å². The van der Waals surface area contributed by atoms with Crippen molar-refractivity contribution in [1.82, 2.24) is 15.5 Å². The molecule has 0 atom stereocenters. The molecule has 1 aromatic heterocycles. The van der Waals surface area contributed by atoms with Gasteiger partial charge in [-0.2, -0.15) is 0 Å². The van der Waals surface area contributed by atoms with Crippen LogP contribution in [0.5, 0.6) is 0 Å². The molecule has 1 amide bonds. The highest BCUT2D eigenvalue weighted by Gasteiger charge is 2.22. The van der Waals surface area contributed by atoms with E-state index in [9.17, 15) is 4.79 Å². The van der Waals surface area contributed by atoms with Crippen LogP contribution in [0.1, 0.15) is 41.7 Å². The fourth-order valence-corrected chi connectivity index (χ4v) is 3.50. The van der Waals surface area contributed by atoms with Gasteiger partial charge < -0.3 is 10.2 Å². The summed E-state index contributed by atoms with van der Waals surface area (Å²) in [6.07, 6.45) is 5.55. The van der Waals surface area contributed by atoms with Gasteiger partial charge in [0.1, 0.15) is 0 Å². The molecule has 0 unspecified atom stereocenters. The maximum Gasteiger partial charge on any atom is 0.272 e. The summed E-state index contributed by atoms with van der Waals surface area (Å²) in [5, 5.41) is 11.4. The summed E-state index contributed by atoms with van der Waals surface area (Å²) < 4.78 is 0. The Labute approximate surface area is 135 Å². The molecule has 23 heavy (non-hydrogen) atoms. The first kappa shape index (κ1) is 14.2. The molecule has 1 N–H and O–H groups in total. The number of amides is 1. The lowest BCUT2D eigenvalue weighted by Crippen LogP contribution is -2.33. The van der Waals surface area contributed by atoms with Crippen LogP contribution in [-0.2, 0) is 6.42 Å². The predicted octanol–water partition coefficient (Wildman–Crippen LogP) is 2.84. The molecule has 0 radical (unpaired) electrons. The van der Waals surface area contributed by atoms with E-state index in [0.29, 0.717) is 11.7 Å². The molecule has 118 valence electrons. The van der Waals surface area contributed by atoms with E-state index in [2.05, 4.69) is 38.6 Å². The Morgan fingerprint density at radius 3 is 2.70 bits per heavy atom. The zero-order valence-corrected chi connectivity index (χ0v) is 13.0. The Balaban J connectivity index is 1.49. The lowest BCUT2D eigenvalue weighted by atomic mass is 10.2. The molecule has 0 saturated heterocycles. The Hall–Kier alpha value is -2.43. The number of hydrogen-bond donors (Lipinski definition) is 1. The summed E-state index contributed by atoms with van der Waals surface area (Å²) in [6.45, 7) is 0.904. The fourth-order valence-electron chi connectivity index (χ4n) is 3.50. The van der Waals surface area contributed by atoms with Gasteiger partial charge in [-0.25, -0.2) is 0 Å². The van der Waals surface area contributed by atoms with E-state index in [1.165, 1.54) is 24.1 Å². The molecule has 2 heterocycles. The standard InChI is InChI=1S/C18H20N4O/c23-18(19-14-6-2-3-7-14)15-9-10-17(21-20-15)22-12-11-13-5-1-4-8-16(13)22/h1,4-5,8-10,14H,2-3,6-7,11-12H2,(H,19,23). The van der Waals surface area contributed by atoms with E-state index in [1.807, 2.05) is 12.1 Å². The third-order valence-electron chi connectivity index (χ3n) is 4.74. The van der Waals surface area contributed by atoms with Crippen molar-refractivity contribution in [1.29, 1.82) is 0 Å². The van der Waals surface area contributed by atoms with Crippen LogP contribution in [0.2, 0.25) is 0 Å². The normalized spacial score (nSPS) is 17.3. The molecule has 1 saturated carbocycles. The minimum absolute atomic E-state index is 0.113. The molecule has 1 fully saturated rings. The van der Waals surface area contributed by atoms with Gasteiger partial charge >= 0.3 is 0 Å². The number of hydrogen-bond acceptors (Lipinski definition) is 4. The van der Waals surface area contributed by atoms with Gasteiger partial charge in [-0.05, 0) is 43.0 Å². The Morgan fingerprint density at radius 2 is 1.91 bits per heavy atom.